The van der Waals surface area contributed by atoms with Crippen molar-refractivity contribution in [3.05, 3.63) is 99.6 Å². The van der Waals surface area contributed by atoms with Crippen LogP contribution in [0.5, 0.6) is 11.5 Å². The van der Waals surface area contributed by atoms with Crippen LogP contribution in [0.2, 0.25) is 0 Å². The standard InChI is InChI=1S/C25H21N3O5/c1-2-32-24-5-3-4-21(15-24)27-25(29)20(16-26)14-18-8-12-23(13-9-18)33-17-19-6-10-22(11-7-19)28(30)31/h3-15H,2,17H2,1H3,(H,27,29). The first-order chi connectivity index (χ1) is 16.0. The molecule has 166 valence electrons. The highest BCUT2D eigenvalue weighted by atomic mass is 16.6. The number of carbonyl (C=O) groups excluding carboxylic acids is 1. The van der Waals surface area contributed by atoms with Crippen LogP contribution in [0.4, 0.5) is 11.4 Å². The Balaban J connectivity index is 1.62. The summed E-state index contributed by atoms with van der Waals surface area (Å²) in [5, 5.41) is 22.8. The summed E-state index contributed by atoms with van der Waals surface area (Å²) in [7, 11) is 0. The van der Waals surface area contributed by atoms with Gasteiger partial charge in [0.15, 0.2) is 0 Å². The number of nitriles is 1. The average Bonchev–Trinajstić information content (AvgIpc) is 2.82. The van der Waals surface area contributed by atoms with Crippen molar-refractivity contribution < 1.29 is 19.2 Å². The van der Waals surface area contributed by atoms with Gasteiger partial charge < -0.3 is 14.8 Å². The molecule has 0 bridgehead atoms. The molecule has 0 heterocycles. The largest absolute Gasteiger partial charge is 0.494 e. The highest BCUT2D eigenvalue weighted by molar-refractivity contribution is 6.09. The first kappa shape index (κ1) is 23.0. The monoisotopic (exact) mass is 443 g/mol. The molecule has 0 unspecified atom stereocenters. The number of ether oxygens (including phenoxy) is 2. The summed E-state index contributed by atoms with van der Waals surface area (Å²) in [4.78, 5) is 22.8. The molecule has 33 heavy (non-hydrogen) atoms. The summed E-state index contributed by atoms with van der Waals surface area (Å²) < 4.78 is 11.1. The van der Waals surface area contributed by atoms with Gasteiger partial charge in [-0.3, -0.25) is 14.9 Å². The highest BCUT2D eigenvalue weighted by Gasteiger charge is 2.10. The molecule has 3 aromatic carbocycles. The summed E-state index contributed by atoms with van der Waals surface area (Å²) in [6, 6.07) is 21.9. The van der Waals surface area contributed by atoms with Gasteiger partial charge in [0, 0.05) is 23.9 Å². The molecule has 3 rings (SSSR count). The molecule has 0 saturated carbocycles. The lowest BCUT2D eigenvalue weighted by Crippen LogP contribution is -2.13. The molecular weight excluding hydrogens is 422 g/mol. The van der Waals surface area contributed by atoms with Crippen LogP contribution in [0.1, 0.15) is 18.1 Å². The number of nitrogens with zero attached hydrogens (tertiary/aromatic N) is 2. The van der Waals surface area contributed by atoms with E-state index in [1.54, 1.807) is 60.7 Å². The minimum absolute atomic E-state index is 0.0224. The maximum atomic E-state index is 12.5. The lowest BCUT2D eigenvalue weighted by atomic mass is 10.1. The van der Waals surface area contributed by atoms with Crippen molar-refractivity contribution in [2.75, 3.05) is 11.9 Å². The van der Waals surface area contributed by atoms with Crippen molar-refractivity contribution in [3.63, 3.8) is 0 Å². The van der Waals surface area contributed by atoms with Gasteiger partial charge in [-0.25, -0.2) is 0 Å². The van der Waals surface area contributed by atoms with Gasteiger partial charge in [-0.1, -0.05) is 18.2 Å². The zero-order chi connectivity index (χ0) is 23.6. The molecule has 8 nitrogen and oxygen atoms in total. The number of rotatable bonds is 9. The molecular formula is C25H21N3O5. The lowest BCUT2D eigenvalue weighted by Gasteiger charge is -2.08. The summed E-state index contributed by atoms with van der Waals surface area (Å²) in [5.74, 6) is 0.688. The quantitative estimate of drug-likeness (QED) is 0.212. The van der Waals surface area contributed by atoms with E-state index in [1.807, 2.05) is 13.0 Å². The third kappa shape index (κ3) is 6.67. The lowest BCUT2D eigenvalue weighted by molar-refractivity contribution is -0.384. The molecule has 0 saturated heterocycles. The van der Waals surface area contributed by atoms with E-state index in [0.29, 0.717) is 29.4 Å². The predicted molar refractivity (Wildman–Crippen MR) is 124 cm³/mol. The second kappa shape index (κ2) is 11.1. The number of carbonyl (C=O) groups is 1. The predicted octanol–water partition coefficient (Wildman–Crippen LogP) is 5.12. The van der Waals surface area contributed by atoms with Crippen LogP contribution in [-0.2, 0) is 11.4 Å². The average molecular weight is 443 g/mol. The van der Waals surface area contributed by atoms with Crippen LogP contribution in [0.15, 0.2) is 78.4 Å². The van der Waals surface area contributed by atoms with Gasteiger partial charge in [-0.05, 0) is 60.5 Å². The number of hydrogen-bond acceptors (Lipinski definition) is 6. The van der Waals surface area contributed by atoms with E-state index in [1.165, 1.54) is 18.2 Å². The Labute approximate surface area is 190 Å². The molecule has 3 aromatic rings. The second-order valence-corrected chi connectivity index (χ2v) is 6.87. The zero-order valence-corrected chi connectivity index (χ0v) is 17.9. The molecule has 0 atom stereocenters. The van der Waals surface area contributed by atoms with Crippen LogP contribution >= 0.6 is 0 Å². The first-order valence-corrected chi connectivity index (χ1v) is 10.1. The molecule has 1 N–H and O–H groups in total. The van der Waals surface area contributed by atoms with Gasteiger partial charge in [0.2, 0.25) is 0 Å². The van der Waals surface area contributed by atoms with Gasteiger partial charge in [0.05, 0.1) is 11.5 Å². The van der Waals surface area contributed by atoms with Crippen molar-refractivity contribution in [2.45, 2.75) is 13.5 Å². The normalized spacial score (nSPS) is 10.7. The van der Waals surface area contributed by atoms with Crippen LogP contribution in [0.25, 0.3) is 6.08 Å². The summed E-state index contributed by atoms with van der Waals surface area (Å²) in [5.41, 5.74) is 1.96. The van der Waals surface area contributed by atoms with E-state index >= 15 is 0 Å². The Morgan fingerprint density at radius 2 is 1.79 bits per heavy atom. The molecule has 1 amide bonds. The van der Waals surface area contributed by atoms with Crippen LogP contribution in [0.3, 0.4) is 0 Å². The SMILES string of the molecule is CCOc1cccc(NC(=O)C(C#N)=Cc2ccc(OCc3ccc([N+](=O)[O-])cc3)cc2)c1. The molecule has 0 aliphatic heterocycles. The van der Waals surface area contributed by atoms with Crippen molar-refractivity contribution in [2.24, 2.45) is 0 Å². The van der Waals surface area contributed by atoms with Gasteiger partial charge in [0.1, 0.15) is 29.7 Å². The van der Waals surface area contributed by atoms with Crippen LogP contribution in [0, 0.1) is 21.4 Å². The molecule has 8 heteroatoms. The van der Waals surface area contributed by atoms with Crippen LogP contribution in [-0.4, -0.2) is 17.4 Å². The maximum Gasteiger partial charge on any atom is 0.269 e. The Morgan fingerprint density at radius 1 is 1.06 bits per heavy atom. The summed E-state index contributed by atoms with van der Waals surface area (Å²) in [6.07, 6.45) is 1.49. The van der Waals surface area contributed by atoms with E-state index in [-0.39, 0.29) is 17.9 Å². The first-order valence-electron chi connectivity index (χ1n) is 10.1. The highest BCUT2D eigenvalue weighted by Crippen LogP contribution is 2.20. The number of hydrogen-bond donors (Lipinski definition) is 1. The van der Waals surface area contributed by atoms with Crippen molar-refractivity contribution in [1.82, 2.24) is 0 Å². The molecule has 0 spiro atoms. The molecule has 0 fully saturated rings. The molecule has 0 aliphatic rings. The Hall–Kier alpha value is -4.64. The molecule has 0 aromatic heterocycles. The van der Waals surface area contributed by atoms with Crippen molar-refractivity contribution >= 4 is 23.4 Å². The van der Waals surface area contributed by atoms with Crippen molar-refractivity contribution in [3.8, 4) is 17.6 Å². The second-order valence-electron chi connectivity index (χ2n) is 6.87. The van der Waals surface area contributed by atoms with Crippen molar-refractivity contribution in [1.29, 1.82) is 5.26 Å². The fourth-order valence-corrected chi connectivity index (χ4v) is 2.88. The number of nitro groups is 1. The minimum atomic E-state index is -0.523. The zero-order valence-electron chi connectivity index (χ0n) is 17.9. The fourth-order valence-electron chi connectivity index (χ4n) is 2.88. The van der Waals surface area contributed by atoms with E-state index in [9.17, 15) is 20.2 Å². The van der Waals surface area contributed by atoms with Gasteiger partial charge in [-0.15, -0.1) is 0 Å². The molecule has 0 radical (unpaired) electrons. The fraction of sp³-hybridized carbons (Fsp3) is 0.120. The number of non-ortho nitro benzene ring substituents is 1. The maximum absolute atomic E-state index is 12.5. The summed E-state index contributed by atoms with van der Waals surface area (Å²) in [6.45, 7) is 2.63. The van der Waals surface area contributed by atoms with Gasteiger partial charge >= 0.3 is 0 Å². The molecule has 0 aliphatic carbocycles. The van der Waals surface area contributed by atoms with Crippen LogP contribution < -0.4 is 14.8 Å². The minimum Gasteiger partial charge on any atom is -0.494 e. The van der Waals surface area contributed by atoms with E-state index in [4.69, 9.17) is 9.47 Å². The number of amides is 1. The summed E-state index contributed by atoms with van der Waals surface area (Å²) >= 11 is 0. The topological polar surface area (TPSA) is 114 Å². The third-order valence-corrected chi connectivity index (χ3v) is 4.51. The number of nitrogens with one attached hydrogen (secondary N) is 1. The van der Waals surface area contributed by atoms with E-state index < -0.39 is 10.8 Å². The number of benzene rings is 3. The Kier molecular flexibility index (Phi) is 7.76. The Morgan fingerprint density at radius 3 is 2.42 bits per heavy atom. The number of nitro benzene ring substituents is 1. The smallest absolute Gasteiger partial charge is 0.269 e. The third-order valence-electron chi connectivity index (χ3n) is 4.51. The van der Waals surface area contributed by atoms with Gasteiger partial charge in [-0.2, -0.15) is 5.26 Å². The van der Waals surface area contributed by atoms with E-state index in [0.717, 1.165) is 5.56 Å². The Bertz CT molecular complexity index is 1200. The van der Waals surface area contributed by atoms with Gasteiger partial charge in [0.25, 0.3) is 11.6 Å². The number of anilines is 1. The van der Waals surface area contributed by atoms with E-state index in [2.05, 4.69) is 5.32 Å².